The van der Waals surface area contributed by atoms with Crippen molar-refractivity contribution < 1.29 is 23.9 Å². The highest BCUT2D eigenvalue weighted by Crippen LogP contribution is 2.55. The maximum Gasteiger partial charge on any atom is 0.344 e. The fourth-order valence-electron chi connectivity index (χ4n) is 6.00. The second-order valence-corrected chi connectivity index (χ2v) is 10.7. The molecule has 5 rings (SSSR count). The summed E-state index contributed by atoms with van der Waals surface area (Å²) in [6.45, 7) is 3.04. The quantitative estimate of drug-likeness (QED) is 0.482. The normalized spacial score (nSPS) is 28.4. The van der Waals surface area contributed by atoms with E-state index in [1.807, 2.05) is 6.07 Å². The van der Waals surface area contributed by atoms with Crippen LogP contribution in [-0.4, -0.2) is 41.8 Å². The summed E-state index contributed by atoms with van der Waals surface area (Å²) >= 11 is 1.33. The minimum atomic E-state index is -0.592. The highest BCUT2D eigenvalue weighted by molar-refractivity contribution is 8.00. The van der Waals surface area contributed by atoms with Crippen molar-refractivity contribution in [2.75, 3.05) is 12.4 Å². The van der Waals surface area contributed by atoms with Crippen molar-refractivity contribution in [2.45, 2.75) is 68.9 Å². The van der Waals surface area contributed by atoms with E-state index in [1.165, 1.54) is 31.0 Å². The molecular weight excluding hydrogens is 414 g/mol. The van der Waals surface area contributed by atoms with Crippen LogP contribution in [0.4, 0.5) is 0 Å². The fourth-order valence-corrected chi connectivity index (χ4v) is 6.84. The highest BCUT2D eigenvalue weighted by Gasteiger charge is 2.51. The van der Waals surface area contributed by atoms with Gasteiger partial charge in [-0.2, -0.15) is 0 Å². The molecule has 0 unspecified atom stereocenters. The standard InChI is InChI=1S/C24H31NO5S/c1-15(2)30-22(27)13-29-23(28)19-5-3-4-6-20(19)31-14-21(26)25-24-10-16-7-17(11-24)9-18(8-16)12-24/h3-6,15-18H,7-14H2,1-2H3,(H,25,26). The number of hydrogen-bond donors (Lipinski definition) is 1. The molecule has 0 spiro atoms. The number of ether oxygens (including phenoxy) is 2. The molecule has 0 aromatic heterocycles. The number of esters is 2. The average Bonchev–Trinajstić information content (AvgIpc) is 2.69. The number of hydrogen-bond acceptors (Lipinski definition) is 6. The molecule has 0 saturated heterocycles. The van der Waals surface area contributed by atoms with Gasteiger partial charge in [0.1, 0.15) is 0 Å². The number of rotatable bonds is 8. The lowest BCUT2D eigenvalue weighted by molar-refractivity contribution is -0.151. The Labute approximate surface area is 187 Å². The van der Waals surface area contributed by atoms with Gasteiger partial charge >= 0.3 is 11.9 Å². The number of carbonyl (C=O) groups is 3. The number of carbonyl (C=O) groups excluding carboxylic acids is 3. The van der Waals surface area contributed by atoms with Crippen molar-refractivity contribution >= 4 is 29.6 Å². The molecule has 4 saturated carbocycles. The molecule has 31 heavy (non-hydrogen) atoms. The van der Waals surface area contributed by atoms with E-state index < -0.39 is 18.5 Å². The Morgan fingerprint density at radius 3 is 2.29 bits per heavy atom. The summed E-state index contributed by atoms with van der Waals surface area (Å²) in [5.74, 6) is 1.43. The van der Waals surface area contributed by atoms with Gasteiger partial charge in [0.2, 0.25) is 5.91 Å². The molecule has 4 bridgehead atoms. The van der Waals surface area contributed by atoms with Crippen molar-refractivity contribution in [2.24, 2.45) is 17.8 Å². The van der Waals surface area contributed by atoms with Gasteiger partial charge in [-0.15, -0.1) is 11.8 Å². The van der Waals surface area contributed by atoms with Gasteiger partial charge in [-0.1, -0.05) is 12.1 Å². The van der Waals surface area contributed by atoms with Crippen LogP contribution in [0.2, 0.25) is 0 Å². The largest absolute Gasteiger partial charge is 0.460 e. The minimum absolute atomic E-state index is 0.0123. The van der Waals surface area contributed by atoms with Gasteiger partial charge < -0.3 is 14.8 Å². The summed E-state index contributed by atoms with van der Waals surface area (Å²) in [4.78, 5) is 37.6. The number of nitrogens with one attached hydrogen (secondary N) is 1. The van der Waals surface area contributed by atoms with Crippen molar-refractivity contribution in [1.29, 1.82) is 0 Å². The van der Waals surface area contributed by atoms with Crippen molar-refractivity contribution in [3.63, 3.8) is 0 Å². The molecule has 4 aliphatic rings. The van der Waals surface area contributed by atoms with Crippen molar-refractivity contribution in [3.05, 3.63) is 29.8 Å². The Balaban J connectivity index is 1.31. The molecule has 7 heteroatoms. The number of thioether (sulfide) groups is 1. The monoisotopic (exact) mass is 445 g/mol. The summed E-state index contributed by atoms with van der Waals surface area (Å²) in [5, 5.41) is 3.36. The number of amides is 1. The van der Waals surface area contributed by atoms with Gasteiger partial charge in [0, 0.05) is 10.4 Å². The van der Waals surface area contributed by atoms with Crippen LogP contribution in [0.3, 0.4) is 0 Å². The van der Waals surface area contributed by atoms with Gasteiger partial charge in [-0.3, -0.25) is 4.79 Å². The zero-order valence-corrected chi connectivity index (χ0v) is 19.0. The van der Waals surface area contributed by atoms with Crippen LogP contribution in [0.15, 0.2) is 29.2 Å². The smallest absolute Gasteiger partial charge is 0.344 e. The molecule has 4 aliphatic carbocycles. The molecule has 0 radical (unpaired) electrons. The van der Waals surface area contributed by atoms with E-state index in [0.29, 0.717) is 10.5 Å². The predicted molar refractivity (Wildman–Crippen MR) is 118 cm³/mol. The van der Waals surface area contributed by atoms with E-state index in [1.54, 1.807) is 32.0 Å². The van der Waals surface area contributed by atoms with Crippen LogP contribution >= 0.6 is 11.8 Å². The topological polar surface area (TPSA) is 81.7 Å². The van der Waals surface area contributed by atoms with Crippen LogP contribution < -0.4 is 5.32 Å². The Morgan fingerprint density at radius 2 is 1.68 bits per heavy atom. The molecule has 1 N–H and O–H groups in total. The van der Waals surface area contributed by atoms with Gasteiger partial charge in [-0.25, -0.2) is 9.59 Å². The summed E-state index contributed by atoms with van der Waals surface area (Å²) < 4.78 is 10.1. The van der Waals surface area contributed by atoms with E-state index in [4.69, 9.17) is 9.47 Å². The van der Waals surface area contributed by atoms with Crippen molar-refractivity contribution in [3.8, 4) is 0 Å². The zero-order valence-electron chi connectivity index (χ0n) is 18.2. The molecule has 6 nitrogen and oxygen atoms in total. The van der Waals surface area contributed by atoms with Crippen LogP contribution in [0.5, 0.6) is 0 Å². The van der Waals surface area contributed by atoms with Crippen LogP contribution in [-0.2, 0) is 19.1 Å². The molecule has 168 valence electrons. The Bertz CT molecular complexity index is 817. The van der Waals surface area contributed by atoms with Gasteiger partial charge in [0.05, 0.1) is 17.4 Å². The molecule has 1 amide bonds. The molecule has 1 aromatic rings. The average molecular weight is 446 g/mol. The Hall–Kier alpha value is -2.02. The second-order valence-electron chi connectivity index (χ2n) is 9.65. The minimum Gasteiger partial charge on any atom is -0.460 e. The maximum atomic E-state index is 12.8. The van der Waals surface area contributed by atoms with Gasteiger partial charge in [0.25, 0.3) is 0 Å². The first-order valence-corrected chi connectivity index (χ1v) is 12.2. The first-order chi connectivity index (χ1) is 14.8. The predicted octanol–water partition coefficient (Wildman–Crippen LogP) is 3.97. The number of benzene rings is 1. The fraction of sp³-hybridized carbons (Fsp3) is 0.625. The SMILES string of the molecule is CC(C)OC(=O)COC(=O)c1ccccc1SCC(=O)NC12CC3CC(CC(C3)C1)C2. The third-order valence-electron chi connectivity index (χ3n) is 6.60. The molecule has 0 heterocycles. The zero-order chi connectivity index (χ0) is 22.0. The van der Waals surface area contributed by atoms with Crippen LogP contribution in [0, 0.1) is 17.8 Å². The van der Waals surface area contributed by atoms with Gasteiger partial charge in [-0.05, 0) is 82.3 Å². The second kappa shape index (κ2) is 9.23. The van der Waals surface area contributed by atoms with E-state index >= 15 is 0 Å². The summed E-state index contributed by atoms with van der Waals surface area (Å²) in [7, 11) is 0. The molecule has 0 atom stereocenters. The summed E-state index contributed by atoms with van der Waals surface area (Å²) in [6, 6.07) is 7.01. The molecular formula is C24H31NO5S. The van der Waals surface area contributed by atoms with E-state index in [-0.39, 0.29) is 23.3 Å². The highest BCUT2D eigenvalue weighted by atomic mass is 32.2. The van der Waals surface area contributed by atoms with Crippen LogP contribution in [0.1, 0.15) is 62.7 Å². The van der Waals surface area contributed by atoms with Gasteiger partial charge in [0.15, 0.2) is 6.61 Å². The van der Waals surface area contributed by atoms with E-state index in [2.05, 4.69) is 5.32 Å². The lowest BCUT2D eigenvalue weighted by atomic mass is 9.53. The molecule has 0 aliphatic heterocycles. The third kappa shape index (κ3) is 5.43. The lowest BCUT2D eigenvalue weighted by Crippen LogP contribution is -2.60. The Morgan fingerprint density at radius 1 is 1.06 bits per heavy atom. The van der Waals surface area contributed by atoms with Crippen LogP contribution in [0.25, 0.3) is 0 Å². The Kier molecular flexibility index (Phi) is 6.60. The third-order valence-corrected chi connectivity index (χ3v) is 7.67. The summed E-state index contributed by atoms with van der Waals surface area (Å²) in [6.07, 6.45) is 7.10. The first-order valence-electron chi connectivity index (χ1n) is 11.2. The molecule has 4 fully saturated rings. The summed E-state index contributed by atoms with van der Waals surface area (Å²) in [5.41, 5.74) is 0.342. The first kappa shape index (κ1) is 22.2. The molecule has 1 aromatic carbocycles. The van der Waals surface area contributed by atoms with Crippen molar-refractivity contribution in [1.82, 2.24) is 5.32 Å². The maximum absolute atomic E-state index is 12.8. The lowest BCUT2D eigenvalue weighted by Gasteiger charge is -2.56. The van der Waals surface area contributed by atoms with E-state index in [0.717, 1.165) is 37.0 Å². The van der Waals surface area contributed by atoms with E-state index in [9.17, 15) is 14.4 Å².